The molecule has 1 N–H and O–H groups in total. The maximum Gasteiger partial charge on any atom is 0.441 e. The molecule has 4 nitrogen and oxygen atoms in total. The van der Waals surface area contributed by atoms with Crippen LogP contribution in [0.25, 0.3) is 0 Å². The number of rotatable bonds is 4. The van der Waals surface area contributed by atoms with Crippen molar-refractivity contribution in [3.8, 4) is 0 Å². The molecule has 20 heavy (non-hydrogen) atoms. The first-order chi connectivity index (χ1) is 9.28. The van der Waals surface area contributed by atoms with Gasteiger partial charge in [-0.2, -0.15) is 13.2 Å². The molecule has 1 aromatic rings. The molecule has 1 aliphatic rings. The molecule has 0 radical (unpaired) electrons. The Labute approximate surface area is 116 Å². The van der Waals surface area contributed by atoms with Gasteiger partial charge in [-0.25, -0.2) is 4.79 Å². The van der Waals surface area contributed by atoms with Gasteiger partial charge in [0.2, 0.25) is 5.91 Å². The molecule has 0 bridgehead atoms. The Balaban J connectivity index is 2.11. The van der Waals surface area contributed by atoms with Crippen LogP contribution in [0.2, 0.25) is 0 Å². The maximum atomic E-state index is 12.1. The highest BCUT2D eigenvalue weighted by molar-refractivity contribution is 8.00. The zero-order valence-electron chi connectivity index (χ0n) is 10.1. The van der Waals surface area contributed by atoms with Gasteiger partial charge in [0.1, 0.15) is 0 Å². The molecule has 108 valence electrons. The minimum atomic E-state index is -4.32. The lowest BCUT2D eigenvalue weighted by Gasteiger charge is -2.17. The quantitative estimate of drug-likeness (QED) is 0.928. The van der Waals surface area contributed by atoms with Crippen LogP contribution in [0, 0.1) is 0 Å². The van der Waals surface area contributed by atoms with Gasteiger partial charge in [0.05, 0.1) is 12.0 Å². The minimum absolute atomic E-state index is 0.0210. The van der Waals surface area contributed by atoms with Gasteiger partial charge >= 0.3 is 11.5 Å². The fraction of sp³-hybridized carbons (Fsp3) is 0.333. The predicted molar refractivity (Wildman–Crippen MR) is 68.0 cm³/mol. The largest absolute Gasteiger partial charge is 0.478 e. The number of hydrogen-bond donors (Lipinski definition) is 1. The summed E-state index contributed by atoms with van der Waals surface area (Å²) in [6.07, 6.45) is 0.0210. The number of carboxylic acids is 1. The Hall–Kier alpha value is -1.70. The molecule has 0 aromatic heterocycles. The van der Waals surface area contributed by atoms with Gasteiger partial charge in [-0.05, 0) is 35.5 Å². The summed E-state index contributed by atoms with van der Waals surface area (Å²) in [7, 11) is 0. The van der Waals surface area contributed by atoms with Gasteiger partial charge in [0.15, 0.2) is 0 Å². The summed E-state index contributed by atoms with van der Waals surface area (Å²) in [6, 6.07) is 4.18. The molecule has 0 unspecified atom stereocenters. The molecule has 0 atom stereocenters. The van der Waals surface area contributed by atoms with Gasteiger partial charge in [0.25, 0.3) is 0 Å². The Morgan fingerprint density at radius 3 is 2.70 bits per heavy atom. The number of carboxylic acid groups (broad SMARTS) is 1. The molecule has 0 saturated carbocycles. The molecule has 8 heteroatoms. The zero-order valence-corrected chi connectivity index (χ0v) is 10.9. The molecule has 1 amide bonds. The summed E-state index contributed by atoms with van der Waals surface area (Å²) < 4.78 is 36.2. The van der Waals surface area contributed by atoms with Gasteiger partial charge < -0.3 is 10.0 Å². The van der Waals surface area contributed by atoms with Crippen LogP contribution in [-0.2, 0) is 11.2 Å². The van der Waals surface area contributed by atoms with Crippen molar-refractivity contribution in [3.63, 3.8) is 0 Å². The Kier molecular flexibility index (Phi) is 3.94. The Morgan fingerprint density at radius 1 is 1.40 bits per heavy atom. The van der Waals surface area contributed by atoms with Crippen LogP contribution in [0.1, 0.15) is 15.9 Å². The van der Waals surface area contributed by atoms with E-state index < -0.39 is 11.5 Å². The molecule has 0 spiro atoms. The van der Waals surface area contributed by atoms with Crippen molar-refractivity contribution in [1.29, 1.82) is 0 Å². The predicted octanol–water partition coefficient (Wildman–Crippen LogP) is 2.53. The van der Waals surface area contributed by atoms with Crippen LogP contribution in [0.15, 0.2) is 18.2 Å². The number of alkyl halides is 3. The SMILES string of the molecule is O=C(O)c1ccc2c(c1)CC(=O)N2CCSC(F)(F)F. The second-order valence-corrected chi connectivity index (χ2v) is 5.32. The zero-order chi connectivity index (χ0) is 14.9. The van der Waals surface area contributed by atoms with Gasteiger partial charge in [-0.1, -0.05) is 0 Å². The number of halogens is 3. The number of carbonyl (C=O) groups excluding carboxylic acids is 1. The third-order valence-corrected chi connectivity index (χ3v) is 3.55. The third-order valence-electron chi connectivity index (χ3n) is 2.84. The molecular formula is C12H10F3NO3S. The van der Waals surface area contributed by atoms with E-state index >= 15 is 0 Å². The topological polar surface area (TPSA) is 57.6 Å². The maximum absolute atomic E-state index is 12.1. The second kappa shape index (κ2) is 5.35. The van der Waals surface area contributed by atoms with E-state index in [1.165, 1.54) is 23.1 Å². The smallest absolute Gasteiger partial charge is 0.441 e. The number of amides is 1. The highest BCUT2D eigenvalue weighted by Crippen LogP contribution is 2.33. The van der Waals surface area contributed by atoms with Crippen LogP contribution in [0.3, 0.4) is 0 Å². The van der Waals surface area contributed by atoms with E-state index in [0.29, 0.717) is 11.3 Å². The number of carbonyl (C=O) groups is 2. The molecule has 0 fully saturated rings. The number of hydrogen-bond acceptors (Lipinski definition) is 3. The molecule has 2 rings (SSSR count). The summed E-state index contributed by atoms with van der Waals surface area (Å²) in [5.74, 6) is -1.67. The van der Waals surface area contributed by atoms with Crippen molar-refractivity contribution >= 4 is 29.3 Å². The van der Waals surface area contributed by atoms with Crippen molar-refractivity contribution in [2.24, 2.45) is 0 Å². The van der Waals surface area contributed by atoms with E-state index in [-0.39, 0.29) is 42.0 Å². The lowest BCUT2D eigenvalue weighted by Crippen LogP contribution is -2.29. The van der Waals surface area contributed by atoms with Crippen LogP contribution in [0.5, 0.6) is 0 Å². The lowest BCUT2D eigenvalue weighted by atomic mass is 10.1. The minimum Gasteiger partial charge on any atom is -0.478 e. The van der Waals surface area contributed by atoms with Crippen LogP contribution >= 0.6 is 11.8 Å². The lowest BCUT2D eigenvalue weighted by molar-refractivity contribution is -0.117. The summed E-state index contributed by atoms with van der Waals surface area (Å²) in [4.78, 5) is 23.8. The fourth-order valence-electron chi connectivity index (χ4n) is 2.01. The van der Waals surface area contributed by atoms with Crippen molar-refractivity contribution in [2.75, 3.05) is 17.2 Å². The number of thioether (sulfide) groups is 1. The average molecular weight is 305 g/mol. The van der Waals surface area contributed by atoms with E-state index in [2.05, 4.69) is 0 Å². The number of anilines is 1. The Morgan fingerprint density at radius 2 is 2.10 bits per heavy atom. The van der Waals surface area contributed by atoms with Crippen molar-refractivity contribution in [1.82, 2.24) is 0 Å². The summed E-state index contributed by atoms with van der Waals surface area (Å²) in [5.41, 5.74) is -3.24. The van der Waals surface area contributed by atoms with Gasteiger partial charge in [-0.15, -0.1) is 0 Å². The second-order valence-electron chi connectivity index (χ2n) is 4.16. The molecule has 1 aromatic carbocycles. The first-order valence-corrected chi connectivity index (χ1v) is 6.64. The number of benzene rings is 1. The average Bonchev–Trinajstić information content (AvgIpc) is 2.63. The van der Waals surface area contributed by atoms with Gasteiger partial charge in [-0.3, -0.25) is 4.79 Å². The van der Waals surface area contributed by atoms with Crippen LogP contribution in [-0.4, -0.2) is 34.8 Å². The summed E-state index contributed by atoms with van der Waals surface area (Å²) >= 11 is -0.183. The van der Waals surface area contributed by atoms with E-state index in [4.69, 9.17) is 5.11 Å². The van der Waals surface area contributed by atoms with Crippen molar-refractivity contribution in [3.05, 3.63) is 29.3 Å². The highest BCUT2D eigenvalue weighted by Gasteiger charge is 2.31. The van der Waals surface area contributed by atoms with E-state index in [0.717, 1.165) is 0 Å². The van der Waals surface area contributed by atoms with E-state index in [1.54, 1.807) is 0 Å². The monoisotopic (exact) mass is 305 g/mol. The number of fused-ring (bicyclic) bond motifs is 1. The highest BCUT2D eigenvalue weighted by atomic mass is 32.2. The molecular weight excluding hydrogens is 295 g/mol. The Bertz CT molecular complexity index is 559. The third kappa shape index (κ3) is 3.24. The van der Waals surface area contributed by atoms with Crippen LogP contribution in [0.4, 0.5) is 18.9 Å². The summed E-state index contributed by atoms with van der Waals surface area (Å²) in [5, 5.41) is 8.85. The van der Waals surface area contributed by atoms with Gasteiger partial charge in [0, 0.05) is 18.0 Å². The molecule has 1 aliphatic heterocycles. The number of nitrogens with zero attached hydrogens (tertiary/aromatic N) is 1. The molecule has 1 heterocycles. The number of aromatic carboxylic acids is 1. The normalized spacial score (nSPS) is 14.6. The van der Waals surface area contributed by atoms with E-state index in [1.807, 2.05) is 0 Å². The van der Waals surface area contributed by atoms with Crippen molar-refractivity contribution in [2.45, 2.75) is 11.9 Å². The van der Waals surface area contributed by atoms with Crippen molar-refractivity contribution < 1.29 is 27.9 Å². The standard InChI is InChI=1S/C12H10F3NO3S/c13-12(14,15)20-4-3-16-9-2-1-7(11(18)19)5-8(9)6-10(16)17/h1-2,5H,3-4,6H2,(H,18,19). The fourth-order valence-corrected chi connectivity index (χ4v) is 2.52. The molecule has 0 aliphatic carbocycles. The van der Waals surface area contributed by atoms with Crippen LogP contribution < -0.4 is 4.90 Å². The molecule has 0 saturated heterocycles. The first-order valence-electron chi connectivity index (χ1n) is 5.65. The van der Waals surface area contributed by atoms with E-state index in [9.17, 15) is 22.8 Å². The first kappa shape index (κ1) is 14.7. The summed E-state index contributed by atoms with van der Waals surface area (Å²) in [6.45, 7) is -0.0531.